The van der Waals surface area contributed by atoms with Crippen LogP contribution in [-0.4, -0.2) is 24.4 Å². The van der Waals surface area contributed by atoms with Crippen LogP contribution in [0.25, 0.3) is 0 Å². The number of aryl methyl sites for hydroxylation is 1. The van der Waals surface area contributed by atoms with Crippen molar-refractivity contribution in [2.75, 3.05) is 14.2 Å². The predicted octanol–water partition coefficient (Wildman–Crippen LogP) is 2.55. The van der Waals surface area contributed by atoms with Gasteiger partial charge in [-0.1, -0.05) is 31.2 Å². The third-order valence-electron chi connectivity index (χ3n) is 3.45. The van der Waals surface area contributed by atoms with E-state index < -0.39 is 0 Å². The van der Waals surface area contributed by atoms with Crippen LogP contribution in [0.1, 0.15) is 29.8 Å². The molecule has 0 radical (unpaired) electrons. The zero-order chi connectivity index (χ0) is 14.4. The molecule has 1 aromatic carbocycles. The monoisotopic (exact) mass is 271 g/mol. The molecule has 4 heteroatoms. The Bertz CT molecular complexity index is 522. The van der Waals surface area contributed by atoms with E-state index in [1.165, 1.54) is 11.1 Å². The molecule has 0 aliphatic carbocycles. The van der Waals surface area contributed by atoms with E-state index in [1.807, 2.05) is 19.2 Å². The number of aromatic nitrogens is 2. The second kappa shape index (κ2) is 7.01. The Labute approximate surface area is 120 Å². The minimum atomic E-state index is 0.154. The van der Waals surface area contributed by atoms with E-state index in [-0.39, 0.29) is 6.04 Å². The fourth-order valence-electron chi connectivity index (χ4n) is 2.13. The highest BCUT2D eigenvalue weighted by Crippen LogP contribution is 2.17. The topological polar surface area (TPSA) is 47.0 Å². The standard InChI is InChI=1S/C16H21N3O/c1-4-12-5-7-13(8-6-12)11-15(17-2)14-9-10-16(20-3)19-18-14/h5-10,15,17H,4,11H2,1-3H3. The van der Waals surface area contributed by atoms with Crippen LogP contribution in [0.4, 0.5) is 0 Å². The molecule has 2 rings (SSSR count). The molecule has 1 atom stereocenters. The van der Waals surface area contributed by atoms with E-state index in [1.54, 1.807) is 7.11 Å². The molecule has 4 nitrogen and oxygen atoms in total. The quantitative estimate of drug-likeness (QED) is 0.877. The van der Waals surface area contributed by atoms with E-state index >= 15 is 0 Å². The molecule has 1 aromatic heterocycles. The van der Waals surface area contributed by atoms with E-state index in [9.17, 15) is 0 Å². The first-order valence-electron chi connectivity index (χ1n) is 6.89. The molecule has 1 heterocycles. The molecule has 1 N–H and O–H groups in total. The van der Waals surface area contributed by atoms with Gasteiger partial charge in [-0.15, -0.1) is 5.10 Å². The third-order valence-corrected chi connectivity index (χ3v) is 3.45. The predicted molar refractivity (Wildman–Crippen MR) is 79.9 cm³/mol. The minimum Gasteiger partial charge on any atom is -0.480 e. The number of methoxy groups -OCH3 is 1. The summed E-state index contributed by atoms with van der Waals surface area (Å²) in [4.78, 5) is 0. The molecular weight excluding hydrogens is 250 g/mol. The molecule has 1 unspecified atom stereocenters. The van der Waals surface area contributed by atoms with E-state index in [0.717, 1.165) is 18.5 Å². The first-order valence-corrected chi connectivity index (χ1v) is 6.89. The van der Waals surface area contributed by atoms with E-state index in [0.29, 0.717) is 5.88 Å². The number of nitrogens with zero attached hydrogens (tertiary/aromatic N) is 2. The summed E-state index contributed by atoms with van der Waals surface area (Å²) < 4.78 is 5.03. The number of ether oxygens (including phenoxy) is 1. The molecule has 2 aromatic rings. The molecule has 0 aliphatic rings. The van der Waals surface area contributed by atoms with Crippen LogP contribution < -0.4 is 10.1 Å². The second-order valence-electron chi connectivity index (χ2n) is 4.72. The summed E-state index contributed by atoms with van der Waals surface area (Å²) in [7, 11) is 3.53. The lowest BCUT2D eigenvalue weighted by molar-refractivity contribution is 0.389. The third kappa shape index (κ3) is 3.54. The Hall–Kier alpha value is -1.94. The molecule has 0 saturated carbocycles. The van der Waals surface area contributed by atoms with Crippen molar-refractivity contribution in [2.24, 2.45) is 0 Å². The first-order chi connectivity index (χ1) is 9.76. The summed E-state index contributed by atoms with van der Waals surface area (Å²) in [5.74, 6) is 0.538. The molecule has 0 spiro atoms. The normalized spacial score (nSPS) is 12.2. The number of rotatable bonds is 6. The van der Waals surface area contributed by atoms with Gasteiger partial charge in [-0.3, -0.25) is 0 Å². The average molecular weight is 271 g/mol. The molecule has 20 heavy (non-hydrogen) atoms. The van der Waals surface area contributed by atoms with Crippen LogP contribution in [0.3, 0.4) is 0 Å². The maximum absolute atomic E-state index is 5.03. The van der Waals surface area contributed by atoms with Crippen molar-refractivity contribution in [2.45, 2.75) is 25.8 Å². The van der Waals surface area contributed by atoms with Crippen molar-refractivity contribution in [3.05, 3.63) is 53.2 Å². The Kier molecular flexibility index (Phi) is 5.07. The van der Waals surface area contributed by atoms with Gasteiger partial charge < -0.3 is 10.1 Å². The van der Waals surface area contributed by atoms with Crippen LogP contribution >= 0.6 is 0 Å². The fourth-order valence-corrected chi connectivity index (χ4v) is 2.13. The zero-order valence-electron chi connectivity index (χ0n) is 12.3. The van der Waals surface area contributed by atoms with Gasteiger partial charge in [-0.05, 0) is 37.1 Å². The summed E-state index contributed by atoms with van der Waals surface area (Å²) in [6.07, 6.45) is 1.96. The van der Waals surface area contributed by atoms with Crippen molar-refractivity contribution < 1.29 is 4.74 Å². The van der Waals surface area contributed by atoms with Gasteiger partial charge in [0.05, 0.1) is 18.8 Å². The zero-order valence-corrected chi connectivity index (χ0v) is 12.3. The maximum Gasteiger partial charge on any atom is 0.233 e. The summed E-state index contributed by atoms with van der Waals surface area (Å²) in [5, 5.41) is 11.5. The second-order valence-corrected chi connectivity index (χ2v) is 4.72. The van der Waals surface area contributed by atoms with Crippen LogP contribution in [0.5, 0.6) is 5.88 Å². The van der Waals surface area contributed by atoms with Crippen LogP contribution in [0, 0.1) is 0 Å². The SMILES string of the molecule is CCc1ccc(CC(NC)c2ccc(OC)nn2)cc1. The van der Waals surface area contributed by atoms with Crippen LogP contribution in [0.2, 0.25) is 0 Å². The van der Waals surface area contributed by atoms with Gasteiger partial charge in [0.25, 0.3) is 0 Å². The molecule has 0 bridgehead atoms. The Morgan fingerprint density at radius 3 is 2.25 bits per heavy atom. The van der Waals surface area contributed by atoms with Crippen LogP contribution in [0.15, 0.2) is 36.4 Å². The fraction of sp³-hybridized carbons (Fsp3) is 0.375. The van der Waals surface area contributed by atoms with Crippen molar-refractivity contribution in [3.8, 4) is 5.88 Å². The van der Waals surface area contributed by atoms with Gasteiger partial charge in [0.2, 0.25) is 5.88 Å². The van der Waals surface area contributed by atoms with Gasteiger partial charge in [-0.25, -0.2) is 0 Å². The number of hydrogen-bond donors (Lipinski definition) is 1. The molecule has 0 aliphatic heterocycles. The number of benzene rings is 1. The largest absolute Gasteiger partial charge is 0.480 e. The Morgan fingerprint density at radius 2 is 1.75 bits per heavy atom. The summed E-state index contributed by atoms with van der Waals surface area (Å²) in [6.45, 7) is 2.17. The first kappa shape index (κ1) is 14.5. The average Bonchev–Trinajstić information content (AvgIpc) is 2.53. The molecular formula is C16H21N3O. The van der Waals surface area contributed by atoms with Gasteiger partial charge in [0, 0.05) is 6.07 Å². The lowest BCUT2D eigenvalue weighted by Gasteiger charge is -2.15. The van der Waals surface area contributed by atoms with Gasteiger partial charge in [0.1, 0.15) is 0 Å². The van der Waals surface area contributed by atoms with Crippen molar-refractivity contribution >= 4 is 0 Å². The van der Waals surface area contributed by atoms with Gasteiger partial charge in [0.15, 0.2) is 0 Å². The molecule has 106 valence electrons. The van der Waals surface area contributed by atoms with Gasteiger partial charge in [-0.2, -0.15) is 5.10 Å². The molecule has 0 amide bonds. The number of hydrogen-bond acceptors (Lipinski definition) is 4. The van der Waals surface area contributed by atoms with E-state index in [4.69, 9.17) is 4.74 Å². The summed E-state index contributed by atoms with van der Waals surface area (Å²) in [5.41, 5.74) is 3.58. The molecule has 0 fully saturated rings. The van der Waals surface area contributed by atoms with Gasteiger partial charge >= 0.3 is 0 Å². The van der Waals surface area contributed by atoms with E-state index in [2.05, 4.69) is 46.7 Å². The highest BCUT2D eigenvalue weighted by Gasteiger charge is 2.12. The number of likely N-dealkylation sites (N-methyl/N-ethyl adjacent to an activating group) is 1. The lowest BCUT2D eigenvalue weighted by Crippen LogP contribution is -2.20. The Morgan fingerprint density at radius 1 is 1.05 bits per heavy atom. The summed E-state index contributed by atoms with van der Waals surface area (Å²) in [6, 6.07) is 12.7. The van der Waals surface area contributed by atoms with Crippen molar-refractivity contribution in [1.29, 1.82) is 0 Å². The maximum atomic E-state index is 5.03. The number of nitrogens with one attached hydrogen (secondary N) is 1. The minimum absolute atomic E-state index is 0.154. The highest BCUT2D eigenvalue weighted by molar-refractivity contribution is 5.25. The highest BCUT2D eigenvalue weighted by atomic mass is 16.5. The summed E-state index contributed by atoms with van der Waals surface area (Å²) >= 11 is 0. The Balaban J connectivity index is 2.10. The van der Waals surface area contributed by atoms with Crippen molar-refractivity contribution in [3.63, 3.8) is 0 Å². The lowest BCUT2D eigenvalue weighted by atomic mass is 10.0. The van der Waals surface area contributed by atoms with Crippen molar-refractivity contribution in [1.82, 2.24) is 15.5 Å². The van der Waals surface area contributed by atoms with Crippen LogP contribution in [-0.2, 0) is 12.8 Å². The molecule has 0 saturated heterocycles. The smallest absolute Gasteiger partial charge is 0.233 e.